The van der Waals surface area contributed by atoms with Crippen molar-refractivity contribution in [3.8, 4) is 11.8 Å². The number of rotatable bonds is 4. The van der Waals surface area contributed by atoms with Crippen LogP contribution in [-0.2, 0) is 14.8 Å². The van der Waals surface area contributed by atoms with Crippen LogP contribution >= 0.6 is 27.5 Å². The summed E-state index contributed by atoms with van der Waals surface area (Å²) in [5.74, 6) is -0.533. The maximum absolute atomic E-state index is 12.7. The normalized spacial score (nSPS) is 15.8. The second kappa shape index (κ2) is 8.62. The molecule has 0 bridgehead atoms. The van der Waals surface area contributed by atoms with E-state index < -0.39 is 21.9 Å². The number of piperidine rings is 1. The van der Waals surface area contributed by atoms with Gasteiger partial charge >= 0.3 is 5.97 Å². The molecule has 0 unspecified atom stereocenters. The van der Waals surface area contributed by atoms with Gasteiger partial charge in [-0.05, 0) is 55.3 Å². The van der Waals surface area contributed by atoms with Crippen LogP contribution in [0.5, 0.6) is 5.75 Å². The Morgan fingerprint density at radius 1 is 1.18 bits per heavy atom. The van der Waals surface area contributed by atoms with Crippen molar-refractivity contribution < 1.29 is 17.9 Å². The molecule has 0 radical (unpaired) electrons. The Labute approximate surface area is 176 Å². The van der Waals surface area contributed by atoms with Crippen LogP contribution in [0.4, 0.5) is 0 Å². The molecule has 0 aromatic heterocycles. The highest BCUT2D eigenvalue weighted by molar-refractivity contribution is 9.10. The van der Waals surface area contributed by atoms with Crippen molar-refractivity contribution in [1.82, 2.24) is 4.31 Å². The van der Waals surface area contributed by atoms with Gasteiger partial charge in [-0.1, -0.05) is 27.5 Å². The lowest BCUT2D eigenvalue weighted by Gasteiger charge is -2.30. The van der Waals surface area contributed by atoms with Crippen molar-refractivity contribution in [2.75, 3.05) is 13.1 Å². The molecule has 2 aromatic rings. The van der Waals surface area contributed by atoms with Gasteiger partial charge in [0.2, 0.25) is 10.0 Å². The van der Waals surface area contributed by atoms with Gasteiger partial charge in [-0.15, -0.1) is 0 Å². The van der Waals surface area contributed by atoms with E-state index in [4.69, 9.17) is 21.6 Å². The van der Waals surface area contributed by atoms with Crippen LogP contribution < -0.4 is 4.74 Å². The number of ether oxygens (including phenoxy) is 1. The number of halogens is 2. The lowest BCUT2D eigenvalue weighted by Crippen LogP contribution is -2.41. The Morgan fingerprint density at radius 2 is 1.82 bits per heavy atom. The molecule has 0 aliphatic carbocycles. The van der Waals surface area contributed by atoms with E-state index in [0.717, 1.165) is 4.47 Å². The molecule has 6 nitrogen and oxygen atoms in total. The summed E-state index contributed by atoms with van der Waals surface area (Å²) in [6.45, 7) is 0.437. The van der Waals surface area contributed by atoms with Crippen molar-refractivity contribution >= 4 is 43.5 Å². The second-order valence-corrected chi connectivity index (χ2v) is 9.57. The van der Waals surface area contributed by atoms with Crippen LogP contribution in [0.2, 0.25) is 5.02 Å². The highest BCUT2D eigenvalue weighted by Gasteiger charge is 2.33. The molecule has 1 aliphatic heterocycles. The zero-order valence-corrected chi connectivity index (χ0v) is 17.8. The Hall–Kier alpha value is -1.92. The summed E-state index contributed by atoms with van der Waals surface area (Å²) in [6, 6.07) is 12.7. The molecule has 0 N–H and O–H groups in total. The molecule has 0 spiro atoms. The summed E-state index contributed by atoms with van der Waals surface area (Å²) < 4.78 is 33.0. The molecule has 1 heterocycles. The summed E-state index contributed by atoms with van der Waals surface area (Å²) in [5, 5.41) is 9.16. The van der Waals surface area contributed by atoms with Gasteiger partial charge in [-0.25, -0.2) is 8.42 Å². The maximum atomic E-state index is 12.7. The molecule has 28 heavy (non-hydrogen) atoms. The van der Waals surface area contributed by atoms with E-state index in [-0.39, 0.29) is 23.7 Å². The van der Waals surface area contributed by atoms with E-state index in [1.807, 2.05) is 6.07 Å². The topological polar surface area (TPSA) is 87.5 Å². The minimum absolute atomic E-state index is 0.133. The van der Waals surface area contributed by atoms with E-state index in [0.29, 0.717) is 23.4 Å². The zero-order chi connectivity index (χ0) is 20.3. The second-order valence-electron chi connectivity index (χ2n) is 6.31. The number of benzene rings is 2. The Kier molecular flexibility index (Phi) is 6.40. The summed E-state index contributed by atoms with van der Waals surface area (Å²) in [7, 11) is -3.66. The highest BCUT2D eigenvalue weighted by Crippen LogP contribution is 2.30. The molecule has 3 rings (SSSR count). The van der Waals surface area contributed by atoms with E-state index in [2.05, 4.69) is 15.9 Å². The van der Waals surface area contributed by atoms with Crippen LogP contribution in [0.1, 0.15) is 18.4 Å². The fourth-order valence-electron chi connectivity index (χ4n) is 2.93. The smallest absolute Gasteiger partial charge is 0.314 e. The van der Waals surface area contributed by atoms with Gasteiger partial charge in [0.25, 0.3) is 0 Å². The molecule has 0 atom stereocenters. The van der Waals surface area contributed by atoms with Crippen LogP contribution in [0.15, 0.2) is 51.8 Å². The highest BCUT2D eigenvalue weighted by atomic mass is 79.9. The maximum Gasteiger partial charge on any atom is 0.314 e. The van der Waals surface area contributed by atoms with E-state index in [1.165, 1.54) is 28.6 Å². The predicted molar refractivity (Wildman–Crippen MR) is 107 cm³/mol. The molecular formula is C19H16BrClN2O4S. The van der Waals surface area contributed by atoms with Gasteiger partial charge in [-0.2, -0.15) is 9.57 Å². The first-order valence-corrected chi connectivity index (χ1v) is 11.1. The average molecular weight is 484 g/mol. The van der Waals surface area contributed by atoms with Crippen LogP contribution in [0, 0.1) is 17.2 Å². The molecule has 9 heteroatoms. The summed E-state index contributed by atoms with van der Waals surface area (Å²) in [4.78, 5) is 12.5. The molecule has 2 aromatic carbocycles. The quantitative estimate of drug-likeness (QED) is 0.485. The Morgan fingerprint density at radius 3 is 2.39 bits per heavy atom. The minimum Gasteiger partial charge on any atom is -0.425 e. The van der Waals surface area contributed by atoms with Crippen molar-refractivity contribution in [2.45, 2.75) is 17.7 Å². The number of hydrogen-bond donors (Lipinski definition) is 0. The lowest BCUT2D eigenvalue weighted by molar-refractivity contribution is -0.140. The summed E-state index contributed by atoms with van der Waals surface area (Å²) in [5.41, 5.74) is 0.395. The van der Waals surface area contributed by atoms with E-state index >= 15 is 0 Å². The van der Waals surface area contributed by atoms with Crippen LogP contribution in [-0.4, -0.2) is 31.8 Å². The van der Waals surface area contributed by atoms with Gasteiger partial charge in [0.1, 0.15) is 5.75 Å². The number of nitriles is 1. The molecule has 146 valence electrons. The molecular weight excluding hydrogens is 468 g/mol. The number of hydrogen-bond acceptors (Lipinski definition) is 5. The van der Waals surface area contributed by atoms with Gasteiger partial charge < -0.3 is 4.74 Å². The molecule has 1 fully saturated rings. The minimum atomic E-state index is -3.66. The molecule has 1 saturated heterocycles. The molecule has 0 saturated carbocycles. The fourth-order valence-corrected chi connectivity index (χ4v) is 5.11. The fraction of sp³-hybridized carbons (Fsp3) is 0.263. The number of carbonyl (C=O) groups excluding carboxylic acids is 1. The third-order valence-corrected chi connectivity index (χ3v) is 7.21. The SMILES string of the molecule is N#Cc1ccc(S(=O)(=O)N2CCC(C(=O)Oc3ccc(Br)cc3Cl)CC2)cc1. The molecule has 1 aliphatic rings. The third-order valence-electron chi connectivity index (χ3n) is 4.51. The average Bonchev–Trinajstić information content (AvgIpc) is 2.70. The summed E-state index contributed by atoms with van der Waals surface area (Å²) >= 11 is 9.36. The first-order chi connectivity index (χ1) is 13.3. The Balaban J connectivity index is 1.63. The zero-order valence-electron chi connectivity index (χ0n) is 14.6. The standard InChI is InChI=1S/C19H16BrClN2O4S/c20-15-3-6-18(17(21)11-15)27-19(24)14-7-9-23(10-8-14)28(25,26)16-4-1-13(12-22)2-5-16/h1-6,11,14H,7-10H2. The lowest BCUT2D eigenvalue weighted by atomic mass is 9.98. The molecule has 0 amide bonds. The third kappa shape index (κ3) is 4.55. The van der Waals surface area contributed by atoms with Crippen molar-refractivity contribution in [1.29, 1.82) is 5.26 Å². The van der Waals surface area contributed by atoms with Gasteiger partial charge in [-0.3, -0.25) is 4.79 Å². The Bertz CT molecular complexity index is 1030. The van der Waals surface area contributed by atoms with E-state index in [1.54, 1.807) is 18.2 Å². The van der Waals surface area contributed by atoms with Gasteiger partial charge in [0.05, 0.1) is 27.5 Å². The van der Waals surface area contributed by atoms with Crippen LogP contribution in [0.25, 0.3) is 0 Å². The van der Waals surface area contributed by atoms with Crippen molar-refractivity contribution in [3.05, 3.63) is 57.5 Å². The van der Waals surface area contributed by atoms with Gasteiger partial charge in [0.15, 0.2) is 0 Å². The summed E-state index contributed by atoms with van der Waals surface area (Å²) in [6.07, 6.45) is 0.727. The number of carbonyl (C=O) groups is 1. The number of nitrogens with zero attached hydrogens (tertiary/aromatic N) is 2. The van der Waals surface area contributed by atoms with Crippen LogP contribution in [0.3, 0.4) is 0 Å². The monoisotopic (exact) mass is 482 g/mol. The predicted octanol–water partition coefficient (Wildman–Crippen LogP) is 3.98. The largest absolute Gasteiger partial charge is 0.425 e. The van der Waals surface area contributed by atoms with Crippen molar-refractivity contribution in [2.24, 2.45) is 5.92 Å². The van der Waals surface area contributed by atoms with Crippen molar-refractivity contribution in [3.63, 3.8) is 0 Å². The first-order valence-electron chi connectivity index (χ1n) is 8.48. The van der Waals surface area contributed by atoms with Gasteiger partial charge in [0, 0.05) is 17.6 Å². The first kappa shape index (κ1) is 20.8. The number of esters is 1. The van der Waals surface area contributed by atoms with E-state index in [9.17, 15) is 13.2 Å². The number of sulfonamides is 1.